The number of aromatic amines is 1. The maximum absolute atomic E-state index is 5.48. The van der Waals surface area contributed by atoms with Crippen LogP contribution in [-0.2, 0) is 12.8 Å². The van der Waals surface area contributed by atoms with E-state index in [1.807, 2.05) is 24.5 Å². The molecule has 4 nitrogen and oxygen atoms in total. The lowest BCUT2D eigenvalue weighted by atomic mass is 9.85. The number of hydrogen-bond acceptors (Lipinski definition) is 3. The lowest BCUT2D eigenvalue weighted by Gasteiger charge is -2.21. The maximum Gasteiger partial charge on any atom is 0.155 e. The summed E-state index contributed by atoms with van der Waals surface area (Å²) in [5.74, 6) is 0.969. The Hall–Kier alpha value is -2.36. The van der Waals surface area contributed by atoms with Crippen LogP contribution in [0, 0.1) is 0 Å². The maximum atomic E-state index is 5.48. The quantitative estimate of drug-likeness (QED) is 0.723. The third-order valence-electron chi connectivity index (χ3n) is 3.83. The van der Waals surface area contributed by atoms with Crippen LogP contribution in [0.4, 0.5) is 0 Å². The van der Waals surface area contributed by atoms with Gasteiger partial charge in [0.2, 0.25) is 0 Å². The van der Waals surface area contributed by atoms with E-state index in [1.165, 1.54) is 22.3 Å². The van der Waals surface area contributed by atoms with Gasteiger partial charge in [-0.15, -0.1) is 0 Å². The molecule has 0 atom stereocenters. The Kier molecular flexibility index (Phi) is 2.12. The summed E-state index contributed by atoms with van der Waals surface area (Å²) in [5.41, 5.74) is 5.91. The minimum absolute atomic E-state index is 0.842. The molecule has 0 aliphatic heterocycles. The zero-order chi connectivity index (χ0) is 12.8. The third-order valence-corrected chi connectivity index (χ3v) is 3.83. The molecule has 3 aromatic rings. The summed E-state index contributed by atoms with van der Waals surface area (Å²) in [6.45, 7) is 0. The van der Waals surface area contributed by atoms with Crippen LogP contribution in [0.2, 0.25) is 0 Å². The average Bonchev–Trinajstić information content (AvgIpc) is 2.94. The van der Waals surface area contributed by atoms with Gasteiger partial charge in [-0.25, -0.2) is 4.98 Å². The Morgan fingerprint density at radius 1 is 1.21 bits per heavy atom. The Labute approximate surface area is 110 Å². The summed E-state index contributed by atoms with van der Waals surface area (Å²) in [4.78, 5) is 4.42. The van der Waals surface area contributed by atoms with Crippen molar-refractivity contribution in [1.82, 2.24) is 15.2 Å². The fourth-order valence-corrected chi connectivity index (χ4v) is 2.96. The minimum Gasteiger partial charge on any atom is -0.496 e. The van der Waals surface area contributed by atoms with Crippen molar-refractivity contribution >= 4 is 11.0 Å². The summed E-state index contributed by atoms with van der Waals surface area (Å²) in [5, 5.41) is 8.13. The van der Waals surface area contributed by atoms with Gasteiger partial charge in [0.15, 0.2) is 5.65 Å². The molecule has 94 valence electrons. The smallest absolute Gasteiger partial charge is 0.155 e. The molecule has 4 heteroatoms. The summed E-state index contributed by atoms with van der Waals surface area (Å²) >= 11 is 0. The van der Waals surface area contributed by atoms with Crippen LogP contribution < -0.4 is 4.74 Å². The van der Waals surface area contributed by atoms with Gasteiger partial charge in [0.05, 0.1) is 13.3 Å². The molecule has 0 unspecified atom stereocenters. The van der Waals surface area contributed by atoms with Crippen molar-refractivity contribution in [2.75, 3.05) is 7.11 Å². The van der Waals surface area contributed by atoms with E-state index < -0.39 is 0 Å². The van der Waals surface area contributed by atoms with E-state index in [1.54, 1.807) is 7.11 Å². The molecule has 4 rings (SSSR count). The minimum atomic E-state index is 0.842. The van der Waals surface area contributed by atoms with Crippen molar-refractivity contribution in [1.29, 1.82) is 0 Å². The second-order valence-corrected chi connectivity index (χ2v) is 4.78. The van der Waals surface area contributed by atoms with Crippen molar-refractivity contribution in [2.45, 2.75) is 12.8 Å². The van der Waals surface area contributed by atoms with Crippen LogP contribution in [0.3, 0.4) is 0 Å². The highest BCUT2D eigenvalue weighted by molar-refractivity contribution is 5.96. The first kappa shape index (κ1) is 10.6. The van der Waals surface area contributed by atoms with E-state index in [-0.39, 0.29) is 0 Å². The number of hydrogen-bond donors (Lipinski definition) is 1. The highest BCUT2D eigenvalue weighted by Gasteiger charge is 2.22. The zero-order valence-electron chi connectivity index (χ0n) is 10.6. The number of ether oxygens (including phenoxy) is 1. The van der Waals surface area contributed by atoms with Crippen LogP contribution in [0.1, 0.15) is 11.1 Å². The SMILES string of the molecule is COc1cccc2c1CCc1cnc3[nH]ncc3c1-2. The van der Waals surface area contributed by atoms with Gasteiger partial charge in [0.25, 0.3) is 0 Å². The summed E-state index contributed by atoms with van der Waals surface area (Å²) < 4.78 is 5.48. The first-order valence-electron chi connectivity index (χ1n) is 6.35. The molecular formula is C15H13N3O. The molecule has 0 bridgehead atoms. The van der Waals surface area contributed by atoms with Gasteiger partial charge in [0, 0.05) is 17.1 Å². The largest absolute Gasteiger partial charge is 0.496 e. The van der Waals surface area contributed by atoms with Crippen molar-refractivity contribution in [3.8, 4) is 16.9 Å². The topological polar surface area (TPSA) is 50.8 Å². The first-order chi connectivity index (χ1) is 9.38. The lowest BCUT2D eigenvalue weighted by Crippen LogP contribution is -2.06. The number of benzene rings is 1. The molecule has 1 aliphatic carbocycles. The molecule has 0 saturated heterocycles. The van der Waals surface area contributed by atoms with Crippen LogP contribution in [0.25, 0.3) is 22.2 Å². The molecule has 2 heterocycles. The third kappa shape index (κ3) is 1.40. The predicted octanol–water partition coefficient (Wildman–Crippen LogP) is 2.73. The Balaban J connectivity index is 2.10. The van der Waals surface area contributed by atoms with Crippen molar-refractivity contribution < 1.29 is 4.74 Å². The van der Waals surface area contributed by atoms with Gasteiger partial charge in [-0.05, 0) is 35.6 Å². The first-order valence-corrected chi connectivity index (χ1v) is 6.35. The number of nitrogens with zero attached hydrogens (tertiary/aromatic N) is 2. The molecule has 2 aromatic heterocycles. The van der Waals surface area contributed by atoms with Crippen LogP contribution in [-0.4, -0.2) is 22.3 Å². The average molecular weight is 251 g/mol. The summed E-state index contributed by atoms with van der Waals surface area (Å²) in [6.07, 6.45) is 5.81. The van der Waals surface area contributed by atoms with Crippen molar-refractivity contribution in [3.05, 3.63) is 41.7 Å². The molecule has 1 aliphatic rings. The summed E-state index contributed by atoms with van der Waals surface area (Å²) in [7, 11) is 1.73. The normalized spacial score (nSPS) is 13.1. The molecule has 0 amide bonds. The Morgan fingerprint density at radius 3 is 3.05 bits per heavy atom. The van der Waals surface area contributed by atoms with Gasteiger partial charge in [-0.2, -0.15) is 5.10 Å². The number of aryl methyl sites for hydroxylation is 1. The van der Waals surface area contributed by atoms with Crippen LogP contribution >= 0.6 is 0 Å². The fourth-order valence-electron chi connectivity index (χ4n) is 2.96. The second-order valence-electron chi connectivity index (χ2n) is 4.78. The molecule has 19 heavy (non-hydrogen) atoms. The van der Waals surface area contributed by atoms with Gasteiger partial charge in [-0.1, -0.05) is 12.1 Å². The fraction of sp³-hybridized carbons (Fsp3) is 0.200. The van der Waals surface area contributed by atoms with Gasteiger partial charge in [0.1, 0.15) is 5.75 Å². The van der Waals surface area contributed by atoms with E-state index in [0.717, 1.165) is 29.6 Å². The predicted molar refractivity (Wildman–Crippen MR) is 73.3 cm³/mol. The highest BCUT2D eigenvalue weighted by atomic mass is 16.5. The number of fused-ring (bicyclic) bond motifs is 5. The Bertz CT molecular complexity index is 776. The Morgan fingerprint density at radius 2 is 2.16 bits per heavy atom. The van der Waals surface area contributed by atoms with Crippen LogP contribution in [0.5, 0.6) is 5.75 Å². The molecule has 0 radical (unpaired) electrons. The molecule has 1 aromatic carbocycles. The molecule has 0 fully saturated rings. The summed E-state index contributed by atoms with van der Waals surface area (Å²) in [6, 6.07) is 6.22. The lowest BCUT2D eigenvalue weighted by molar-refractivity contribution is 0.409. The van der Waals surface area contributed by atoms with E-state index in [4.69, 9.17) is 4.74 Å². The van der Waals surface area contributed by atoms with Gasteiger partial charge in [-0.3, -0.25) is 5.10 Å². The van der Waals surface area contributed by atoms with Crippen molar-refractivity contribution in [2.24, 2.45) is 0 Å². The monoisotopic (exact) mass is 251 g/mol. The van der Waals surface area contributed by atoms with E-state index in [2.05, 4.69) is 21.2 Å². The number of H-pyrrole nitrogens is 1. The molecule has 0 spiro atoms. The second kappa shape index (κ2) is 3.82. The van der Waals surface area contributed by atoms with Gasteiger partial charge >= 0.3 is 0 Å². The zero-order valence-corrected chi connectivity index (χ0v) is 10.6. The van der Waals surface area contributed by atoms with E-state index in [9.17, 15) is 0 Å². The number of pyridine rings is 1. The molecule has 0 saturated carbocycles. The van der Waals surface area contributed by atoms with Crippen molar-refractivity contribution in [3.63, 3.8) is 0 Å². The van der Waals surface area contributed by atoms with E-state index >= 15 is 0 Å². The van der Waals surface area contributed by atoms with Crippen LogP contribution in [0.15, 0.2) is 30.6 Å². The van der Waals surface area contributed by atoms with Gasteiger partial charge < -0.3 is 4.74 Å². The van der Waals surface area contributed by atoms with E-state index in [0.29, 0.717) is 0 Å². The number of aromatic nitrogens is 3. The standard InChI is InChI=1S/C15H13N3O/c1-19-13-4-2-3-11-10(13)6-5-9-7-16-15-12(14(9)11)8-17-18-15/h2-4,7-8H,5-6H2,1H3,(H,16,17,18). The number of methoxy groups -OCH3 is 1. The number of rotatable bonds is 1. The number of nitrogens with one attached hydrogen (secondary N) is 1. The molecular weight excluding hydrogens is 238 g/mol. The highest BCUT2D eigenvalue weighted by Crippen LogP contribution is 2.40. The molecule has 1 N–H and O–H groups in total.